The van der Waals surface area contributed by atoms with Crippen molar-refractivity contribution in [2.45, 2.75) is 13.3 Å². The summed E-state index contributed by atoms with van der Waals surface area (Å²) in [6.45, 7) is 2.17. The van der Waals surface area contributed by atoms with Crippen LogP contribution in [0.5, 0.6) is 5.75 Å². The van der Waals surface area contributed by atoms with Gasteiger partial charge >= 0.3 is 5.97 Å². The van der Waals surface area contributed by atoms with Crippen LogP contribution in [0.25, 0.3) is 0 Å². The highest BCUT2D eigenvalue weighted by Crippen LogP contribution is 2.33. The van der Waals surface area contributed by atoms with Gasteiger partial charge < -0.3 is 20.1 Å². The molecular formula is C15H16N2O5. The molecule has 1 aromatic carbocycles. The summed E-state index contributed by atoms with van der Waals surface area (Å²) in [5, 5.41) is 11.9. The zero-order valence-corrected chi connectivity index (χ0v) is 12.1. The molecule has 2 aliphatic heterocycles. The zero-order chi connectivity index (χ0) is 15.9. The number of nitrogens with one attached hydrogen (secondary N) is 1. The minimum atomic E-state index is -0.895. The van der Waals surface area contributed by atoms with Crippen LogP contribution in [0.2, 0.25) is 0 Å². The van der Waals surface area contributed by atoms with Gasteiger partial charge in [-0.05, 0) is 31.5 Å². The molecule has 2 N–H and O–H groups in total. The molecule has 0 radical (unpaired) electrons. The number of amides is 2. The number of nitrogens with zero attached hydrogens (tertiary/aromatic N) is 1. The molecule has 2 heterocycles. The molecule has 0 bridgehead atoms. The van der Waals surface area contributed by atoms with Crippen molar-refractivity contribution in [1.29, 1.82) is 0 Å². The molecule has 0 spiro atoms. The van der Waals surface area contributed by atoms with E-state index in [4.69, 9.17) is 4.74 Å². The molecule has 22 heavy (non-hydrogen) atoms. The third-order valence-corrected chi connectivity index (χ3v) is 4.14. The molecule has 1 fully saturated rings. The normalized spacial score (nSPS) is 23.5. The lowest BCUT2D eigenvalue weighted by molar-refractivity contribution is -0.147. The molecule has 7 nitrogen and oxygen atoms in total. The summed E-state index contributed by atoms with van der Waals surface area (Å²) in [6, 6.07) is 4.80. The van der Waals surface area contributed by atoms with E-state index in [2.05, 4.69) is 5.32 Å². The minimum absolute atomic E-state index is 0.0779. The van der Waals surface area contributed by atoms with Gasteiger partial charge in [-0.15, -0.1) is 0 Å². The number of likely N-dealkylation sites (tertiary alicyclic amines) is 1. The van der Waals surface area contributed by atoms with E-state index in [1.54, 1.807) is 25.1 Å². The van der Waals surface area contributed by atoms with E-state index in [1.165, 1.54) is 4.90 Å². The average molecular weight is 304 g/mol. The fourth-order valence-corrected chi connectivity index (χ4v) is 2.70. The van der Waals surface area contributed by atoms with Crippen molar-refractivity contribution in [3.63, 3.8) is 0 Å². The standard InChI is InChI=1S/C15H16N2O5/c1-15(14(20)21)4-5-17(8-15)13(19)9-2-3-10-11(6-9)22-7-12(18)16-10/h2-3,6H,4-5,7-8H2,1H3,(H,16,18)(H,20,21). The van der Waals surface area contributed by atoms with Gasteiger partial charge in [0.05, 0.1) is 11.1 Å². The molecule has 0 saturated carbocycles. The summed E-state index contributed by atoms with van der Waals surface area (Å²) in [6.07, 6.45) is 0.436. The highest BCUT2D eigenvalue weighted by molar-refractivity contribution is 5.99. The van der Waals surface area contributed by atoms with Gasteiger partial charge in [0.1, 0.15) is 5.75 Å². The van der Waals surface area contributed by atoms with Gasteiger partial charge in [0.15, 0.2) is 6.61 Å². The van der Waals surface area contributed by atoms with Gasteiger partial charge in [-0.25, -0.2) is 0 Å². The van der Waals surface area contributed by atoms with E-state index in [-0.39, 0.29) is 25.0 Å². The number of carboxylic acids is 1. The number of aliphatic carboxylic acids is 1. The Morgan fingerprint density at radius 3 is 2.86 bits per heavy atom. The van der Waals surface area contributed by atoms with Crippen molar-refractivity contribution in [3.05, 3.63) is 23.8 Å². The molecule has 2 amide bonds. The number of carbonyl (C=O) groups is 3. The first-order chi connectivity index (χ1) is 10.4. The molecule has 0 aliphatic carbocycles. The SMILES string of the molecule is CC1(C(=O)O)CCN(C(=O)c2ccc3c(c2)OCC(=O)N3)C1. The summed E-state index contributed by atoms with van der Waals surface area (Å²) in [5.74, 6) is -0.901. The van der Waals surface area contributed by atoms with Gasteiger partial charge in [-0.3, -0.25) is 14.4 Å². The largest absolute Gasteiger partial charge is 0.482 e. The number of rotatable bonds is 2. The molecule has 1 atom stereocenters. The Hall–Kier alpha value is -2.57. The van der Waals surface area contributed by atoms with Crippen molar-refractivity contribution in [3.8, 4) is 5.75 Å². The van der Waals surface area contributed by atoms with Crippen LogP contribution < -0.4 is 10.1 Å². The Balaban J connectivity index is 1.79. The van der Waals surface area contributed by atoms with Crippen molar-refractivity contribution in [1.82, 2.24) is 4.90 Å². The molecular weight excluding hydrogens is 288 g/mol. The Morgan fingerprint density at radius 2 is 2.18 bits per heavy atom. The van der Waals surface area contributed by atoms with Crippen LogP contribution in [0.3, 0.4) is 0 Å². The maximum absolute atomic E-state index is 12.5. The van der Waals surface area contributed by atoms with Gasteiger partial charge in [0.25, 0.3) is 11.8 Å². The van der Waals surface area contributed by atoms with Gasteiger partial charge in [-0.1, -0.05) is 0 Å². The first kappa shape index (κ1) is 14.4. The summed E-state index contributed by atoms with van der Waals surface area (Å²) in [5.41, 5.74) is 0.0584. The Bertz CT molecular complexity index is 672. The van der Waals surface area contributed by atoms with Crippen molar-refractivity contribution in [2.24, 2.45) is 5.41 Å². The summed E-state index contributed by atoms with van der Waals surface area (Å²) in [4.78, 5) is 36.5. The maximum Gasteiger partial charge on any atom is 0.311 e. The van der Waals surface area contributed by atoms with E-state index in [0.717, 1.165) is 0 Å². The lowest BCUT2D eigenvalue weighted by atomic mass is 9.90. The third-order valence-electron chi connectivity index (χ3n) is 4.14. The number of fused-ring (bicyclic) bond motifs is 1. The first-order valence-corrected chi connectivity index (χ1v) is 6.98. The van der Waals surface area contributed by atoms with Crippen molar-refractivity contribution in [2.75, 3.05) is 25.0 Å². The molecule has 7 heteroatoms. The van der Waals surface area contributed by atoms with Crippen LogP contribution in [-0.2, 0) is 9.59 Å². The van der Waals surface area contributed by atoms with Crippen LogP contribution >= 0.6 is 0 Å². The second-order valence-electron chi connectivity index (χ2n) is 5.89. The predicted octanol–water partition coefficient (Wildman–Crippen LogP) is 0.954. The minimum Gasteiger partial charge on any atom is -0.482 e. The van der Waals surface area contributed by atoms with Crippen LogP contribution in [0.1, 0.15) is 23.7 Å². The quantitative estimate of drug-likeness (QED) is 0.848. The lowest BCUT2D eigenvalue weighted by Crippen LogP contribution is -2.35. The number of ether oxygens (including phenoxy) is 1. The Morgan fingerprint density at radius 1 is 1.41 bits per heavy atom. The molecule has 3 rings (SSSR count). The van der Waals surface area contributed by atoms with Gasteiger partial charge in [0, 0.05) is 18.7 Å². The fourth-order valence-electron chi connectivity index (χ4n) is 2.70. The summed E-state index contributed by atoms with van der Waals surface area (Å²) >= 11 is 0. The van der Waals surface area contributed by atoms with E-state index in [9.17, 15) is 19.5 Å². The predicted molar refractivity (Wildman–Crippen MR) is 76.8 cm³/mol. The number of carbonyl (C=O) groups excluding carboxylic acids is 2. The van der Waals surface area contributed by atoms with Crippen molar-refractivity contribution < 1.29 is 24.2 Å². The number of hydrogen-bond acceptors (Lipinski definition) is 4. The van der Waals surface area contributed by atoms with Crippen LogP contribution in [0.4, 0.5) is 5.69 Å². The molecule has 1 aromatic rings. The molecule has 1 unspecified atom stereocenters. The number of hydrogen-bond donors (Lipinski definition) is 2. The number of anilines is 1. The fraction of sp³-hybridized carbons (Fsp3) is 0.400. The summed E-state index contributed by atoms with van der Waals surface area (Å²) < 4.78 is 5.29. The van der Waals surface area contributed by atoms with Gasteiger partial charge in [-0.2, -0.15) is 0 Å². The van der Waals surface area contributed by atoms with Gasteiger partial charge in [0.2, 0.25) is 0 Å². The van der Waals surface area contributed by atoms with Crippen LogP contribution in [0, 0.1) is 5.41 Å². The molecule has 2 aliphatic rings. The number of benzene rings is 1. The average Bonchev–Trinajstić information content (AvgIpc) is 2.90. The summed E-state index contributed by atoms with van der Waals surface area (Å²) in [7, 11) is 0. The molecule has 116 valence electrons. The second-order valence-corrected chi connectivity index (χ2v) is 5.89. The third kappa shape index (κ3) is 2.38. The Labute approximate surface area is 126 Å². The topological polar surface area (TPSA) is 95.9 Å². The molecule has 1 saturated heterocycles. The number of carboxylic acid groups (broad SMARTS) is 1. The van der Waals surface area contributed by atoms with E-state index in [0.29, 0.717) is 30.0 Å². The van der Waals surface area contributed by atoms with Crippen molar-refractivity contribution >= 4 is 23.5 Å². The lowest BCUT2D eigenvalue weighted by Gasteiger charge is -2.22. The highest BCUT2D eigenvalue weighted by Gasteiger charge is 2.42. The van der Waals surface area contributed by atoms with Crippen LogP contribution in [-0.4, -0.2) is 47.5 Å². The van der Waals surface area contributed by atoms with E-state index < -0.39 is 11.4 Å². The van der Waals surface area contributed by atoms with Crippen LogP contribution in [0.15, 0.2) is 18.2 Å². The monoisotopic (exact) mass is 304 g/mol. The maximum atomic E-state index is 12.5. The Kier molecular flexibility index (Phi) is 3.27. The smallest absolute Gasteiger partial charge is 0.311 e. The van der Waals surface area contributed by atoms with E-state index >= 15 is 0 Å². The first-order valence-electron chi connectivity index (χ1n) is 6.98. The second kappa shape index (κ2) is 5.01. The molecule has 0 aromatic heterocycles. The van der Waals surface area contributed by atoms with E-state index in [1.807, 2.05) is 0 Å². The zero-order valence-electron chi connectivity index (χ0n) is 12.1. The highest BCUT2D eigenvalue weighted by atomic mass is 16.5.